The molecule has 0 radical (unpaired) electrons. The maximum absolute atomic E-state index is 12.8. The van der Waals surface area contributed by atoms with E-state index in [4.69, 9.17) is 10.00 Å². The highest BCUT2D eigenvalue weighted by Gasteiger charge is 2.52. The molecule has 2 fully saturated rings. The molecule has 138 valence electrons. The van der Waals surface area contributed by atoms with Crippen LogP contribution in [0.25, 0.3) is 0 Å². The molecule has 1 atom stereocenters. The van der Waals surface area contributed by atoms with Crippen LogP contribution >= 0.6 is 0 Å². The van der Waals surface area contributed by atoms with E-state index in [0.29, 0.717) is 37.6 Å². The lowest BCUT2D eigenvalue weighted by Gasteiger charge is -2.37. The van der Waals surface area contributed by atoms with Crippen LogP contribution < -0.4 is 5.32 Å². The Morgan fingerprint density at radius 3 is 2.73 bits per heavy atom. The Hall–Kier alpha value is -2.59. The number of nitrogens with one attached hydrogen (secondary N) is 1. The molecule has 0 aliphatic carbocycles. The van der Waals surface area contributed by atoms with Crippen LogP contribution in [0.3, 0.4) is 0 Å². The average molecular weight is 356 g/mol. The van der Waals surface area contributed by atoms with Gasteiger partial charge in [-0.1, -0.05) is 6.07 Å². The lowest BCUT2D eigenvalue weighted by atomic mass is 9.71. The summed E-state index contributed by atoms with van der Waals surface area (Å²) in [5.74, 6) is -0.147. The molecule has 2 heterocycles. The smallest absolute Gasteiger partial charge is 0.321 e. The fourth-order valence-corrected chi connectivity index (χ4v) is 3.93. The summed E-state index contributed by atoms with van der Waals surface area (Å²) in [4.78, 5) is 28.8. The summed E-state index contributed by atoms with van der Waals surface area (Å²) in [5.41, 5.74) is 0.856. The number of nitrogens with zero attached hydrogens (tertiary/aromatic N) is 3. The van der Waals surface area contributed by atoms with Gasteiger partial charge in [-0.05, 0) is 31.0 Å². The zero-order valence-electron chi connectivity index (χ0n) is 15.2. The molecule has 0 saturated carbocycles. The van der Waals surface area contributed by atoms with Gasteiger partial charge in [-0.25, -0.2) is 4.79 Å². The molecule has 1 aromatic carbocycles. The van der Waals surface area contributed by atoms with Gasteiger partial charge in [0.25, 0.3) is 0 Å². The topological polar surface area (TPSA) is 85.7 Å². The highest BCUT2D eigenvalue weighted by Crippen LogP contribution is 2.45. The molecular formula is C19H24N4O3. The van der Waals surface area contributed by atoms with E-state index in [2.05, 4.69) is 11.4 Å². The van der Waals surface area contributed by atoms with Crippen LogP contribution in [0, 0.1) is 22.7 Å². The number of carbonyl (C=O) groups is 2. The molecule has 1 N–H and O–H groups in total. The van der Waals surface area contributed by atoms with E-state index in [1.165, 1.54) is 0 Å². The number of likely N-dealkylation sites (tertiary alicyclic amines) is 1. The van der Waals surface area contributed by atoms with Crippen LogP contribution in [-0.4, -0.2) is 62.1 Å². The predicted molar refractivity (Wildman–Crippen MR) is 96.4 cm³/mol. The van der Waals surface area contributed by atoms with Gasteiger partial charge in [0.1, 0.15) is 0 Å². The van der Waals surface area contributed by atoms with E-state index >= 15 is 0 Å². The maximum atomic E-state index is 12.8. The summed E-state index contributed by atoms with van der Waals surface area (Å²) in [5, 5.41) is 11.8. The first-order chi connectivity index (χ1) is 12.4. The van der Waals surface area contributed by atoms with Gasteiger partial charge >= 0.3 is 6.03 Å². The summed E-state index contributed by atoms with van der Waals surface area (Å²) in [6.45, 7) is 2.19. The Bertz CT molecular complexity index is 735. The van der Waals surface area contributed by atoms with Crippen molar-refractivity contribution in [1.29, 1.82) is 5.26 Å². The Morgan fingerprint density at radius 1 is 1.35 bits per heavy atom. The number of carbonyl (C=O) groups excluding carboxylic acids is 2. The minimum Gasteiger partial charge on any atom is -0.381 e. The number of anilines is 1. The van der Waals surface area contributed by atoms with Crippen molar-refractivity contribution >= 4 is 17.6 Å². The summed E-state index contributed by atoms with van der Waals surface area (Å²) in [6.07, 6.45) is 1.57. The second kappa shape index (κ2) is 7.34. The van der Waals surface area contributed by atoms with E-state index in [0.717, 1.165) is 12.8 Å². The molecule has 0 aromatic heterocycles. The summed E-state index contributed by atoms with van der Waals surface area (Å²) in [6, 6.07) is 8.64. The van der Waals surface area contributed by atoms with Crippen molar-refractivity contribution in [2.75, 3.05) is 45.7 Å². The normalized spacial score (nSPS) is 21.3. The molecule has 7 nitrogen and oxygen atoms in total. The number of rotatable bonds is 2. The SMILES string of the molecule is CN(C)C(=O)C1CN(C(=O)Nc2cccc(C#N)c2)CC12CCOCC2. The molecule has 1 spiro atoms. The number of hydrogen-bond donors (Lipinski definition) is 1. The van der Waals surface area contributed by atoms with E-state index in [1.807, 2.05) is 0 Å². The van der Waals surface area contributed by atoms with Crippen LogP contribution in [-0.2, 0) is 9.53 Å². The van der Waals surface area contributed by atoms with Crippen LogP contribution in [0.5, 0.6) is 0 Å². The van der Waals surface area contributed by atoms with Crippen molar-refractivity contribution in [2.45, 2.75) is 12.8 Å². The molecule has 2 aliphatic heterocycles. The molecule has 1 aromatic rings. The number of benzene rings is 1. The molecule has 0 bridgehead atoms. The third-order valence-corrected chi connectivity index (χ3v) is 5.41. The van der Waals surface area contributed by atoms with Gasteiger partial charge < -0.3 is 19.9 Å². The lowest BCUT2D eigenvalue weighted by molar-refractivity contribution is -0.138. The van der Waals surface area contributed by atoms with Crippen molar-refractivity contribution in [2.24, 2.45) is 11.3 Å². The Labute approximate surface area is 153 Å². The van der Waals surface area contributed by atoms with Gasteiger partial charge in [0.05, 0.1) is 17.6 Å². The fourth-order valence-electron chi connectivity index (χ4n) is 3.93. The van der Waals surface area contributed by atoms with Crippen molar-refractivity contribution in [1.82, 2.24) is 9.80 Å². The number of hydrogen-bond acceptors (Lipinski definition) is 4. The van der Waals surface area contributed by atoms with Crippen LogP contribution in [0.1, 0.15) is 18.4 Å². The third-order valence-electron chi connectivity index (χ3n) is 5.41. The second-order valence-electron chi connectivity index (χ2n) is 7.26. The van der Waals surface area contributed by atoms with Crippen molar-refractivity contribution in [3.05, 3.63) is 29.8 Å². The Kier molecular flexibility index (Phi) is 5.14. The van der Waals surface area contributed by atoms with Crippen LogP contribution in [0.15, 0.2) is 24.3 Å². The summed E-state index contributed by atoms with van der Waals surface area (Å²) >= 11 is 0. The first kappa shape index (κ1) is 18.2. The number of ether oxygens (including phenoxy) is 1. The Balaban J connectivity index is 1.77. The van der Waals surface area contributed by atoms with Gasteiger partial charge in [-0.15, -0.1) is 0 Å². The second-order valence-corrected chi connectivity index (χ2v) is 7.26. The first-order valence-electron chi connectivity index (χ1n) is 8.80. The summed E-state index contributed by atoms with van der Waals surface area (Å²) < 4.78 is 5.49. The molecule has 1 unspecified atom stereocenters. The monoisotopic (exact) mass is 356 g/mol. The highest BCUT2D eigenvalue weighted by atomic mass is 16.5. The van der Waals surface area contributed by atoms with Crippen LogP contribution in [0.2, 0.25) is 0 Å². The molecular weight excluding hydrogens is 332 g/mol. The largest absolute Gasteiger partial charge is 0.381 e. The van der Waals surface area contributed by atoms with Crippen molar-refractivity contribution in [3.8, 4) is 6.07 Å². The fraction of sp³-hybridized carbons (Fsp3) is 0.526. The molecule has 2 saturated heterocycles. The third kappa shape index (κ3) is 3.51. The number of amides is 3. The predicted octanol–water partition coefficient (Wildman–Crippen LogP) is 1.91. The molecule has 2 aliphatic rings. The number of urea groups is 1. The van der Waals surface area contributed by atoms with Gasteiger partial charge in [0.2, 0.25) is 5.91 Å². The van der Waals surface area contributed by atoms with Gasteiger partial charge in [0.15, 0.2) is 0 Å². The Morgan fingerprint density at radius 2 is 2.08 bits per heavy atom. The van der Waals surface area contributed by atoms with E-state index in [-0.39, 0.29) is 23.3 Å². The summed E-state index contributed by atoms with van der Waals surface area (Å²) in [7, 11) is 3.51. The van der Waals surface area contributed by atoms with E-state index < -0.39 is 0 Å². The van der Waals surface area contributed by atoms with Crippen molar-refractivity contribution in [3.63, 3.8) is 0 Å². The van der Waals surface area contributed by atoms with Gasteiger partial charge in [-0.2, -0.15) is 5.26 Å². The lowest BCUT2D eigenvalue weighted by Crippen LogP contribution is -2.44. The van der Waals surface area contributed by atoms with Crippen LogP contribution in [0.4, 0.5) is 10.5 Å². The molecule has 26 heavy (non-hydrogen) atoms. The van der Waals surface area contributed by atoms with E-state index in [1.54, 1.807) is 48.2 Å². The standard InChI is InChI=1S/C19H24N4O3/c1-22(2)17(24)16-12-23(13-19(16)6-8-26-9-7-19)18(25)21-15-5-3-4-14(10-15)11-20/h3-5,10,16H,6-9,12-13H2,1-2H3,(H,21,25). The zero-order valence-corrected chi connectivity index (χ0v) is 15.2. The van der Waals surface area contributed by atoms with Crippen molar-refractivity contribution < 1.29 is 14.3 Å². The van der Waals surface area contributed by atoms with E-state index in [9.17, 15) is 9.59 Å². The molecule has 7 heteroatoms. The molecule has 3 rings (SSSR count). The average Bonchev–Trinajstić information content (AvgIpc) is 3.00. The zero-order chi connectivity index (χ0) is 18.7. The first-order valence-corrected chi connectivity index (χ1v) is 8.80. The van der Waals surface area contributed by atoms with Gasteiger partial charge in [-0.3, -0.25) is 4.79 Å². The van der Waals surface area contributed by atoms with Gasteiger partial charge in [0, 0.05) is 51.5 Å². The quantitative estimate of drug-likeness (QED) is 0.877. The molecule has 3 amide bonds. The maximum Gasteiger partial charge on any atom is 0.321 e. The minimum absolute atomic E-state index is 0.0636. The minimum atomic E-state index is -0.236. The number of nitriles is 1. The highest BCUT2D eigenvalue weighted by molar-refractivity contribution is 5.91.